The van der Waals surface area contributed by atoms with E-state index in [1.54, 1.807) is 0 Å². The Morgan fingerprint density at radius 1 is 0.647 bits per heavy atom. The molecule has 0 saturated heterocycles. The van der Waals surface area contributed by atoms with Crippen molar-refractivity contribution in [2.45, 2.75) is 34.6 Å². The average molecular weight is 224 g/mol. The normalized spacial score (nSPS) is 10.6. The Morgan fingerprint density at radius 3 is 1.59 bits per heavy atom. The van der Waals surface area contributed by atoms with Gasteiger partial charge in [0.25, 0.3) is 0 Å². The van der Waals surface area contributed by atoms with Crippen molar-refractivity contribution in [2.75, 3.05) is 0 Å². The Balaban J connectivity index is 2.69. The number of hydrogen-bond acceptors (Lipinski definition) is 0. The summed E-state index contributed by atoms with van der Waals surface area (Å²) in [6.45, 7) is 11.0. The first kappa shape index (κ1) is 11.9. The molecular formula is C17H20. The highest BCUT2D eigenvalue weighted by Gasteiger charge is 2.07. The second-order valence-corrected chi connectivity index (χ2v) is 5.00. The largest absolute Gasteiger partial charge is 0.0617 e. The number of aryl methyl sites for hydroxylation is 4. The van der Waals surface area contributed by atoms with Gasteiger partial charge in [-0.2, -0.15) is 0 Å². The molecular weight excluding hydrogens is 204 g/mol. The van der Waals surface area contributed by atoms with Crippen molar-refractivity contribution in [3.8, 4) is 11.1 Å². The molecule has 0 bridgehead atoms. The summed E-state index contributed by atoms with van der Waals surface area (Å²) in [4.78, 5) is 0. The van der Waals surface area contributed by atoms with E-state index in [0.717, 1.165) is 0 Å². The van der Waals surface area contributed by atoms with E-state index in [2.05, 4.69) is 65.0 Å². The maximum atomic E-state index is 2.30. The predicted molar refractivity (Wildman–Crippen MR) is 75.6 cm³/mol. The van der Waals surface area contributed by atoms with Gasteiger partial charge in [-0.3, -0.25) is 0 Å². The molecule has 0 unspecified atom stereocenters. The fourth-order valence-electron chi connectivity index (χ4n) is 2.45. The molecule has 2 aromatic carbocycles. The van der Waals surface area contributed by atoms with Crippen LogP contribution in [0.5, 0.6) is 0 Å². The molecule has 2 rings (SSSR count). The smallest absolute Gasteiger partial charge is 0.0125 e. The molecule has 0 aliphatic rings. The number of benzene rings is 2. The minimum atomic E-state index is 1.35. The summed E-state index contributed by atoms with van der Waals surface area (Å²) < 4.78 is 0. The summed E-state index contributed by atoms with van der Waals surface area (Å²) >= 11 is 0. The van der Waals surface area contributed by atoms with Gasteiger partial charge in [0, 0.05) is 0 Å². The molecule has 88 valence electrons. The summed E-state index contributed by atoms with van der Waals surface area (Å²) in [5.74, 6) is 0. The average Bonchev–Trinajstić information content (AvgIpc) is 2.25. The molecule has 0 nitrogen and oxygen atoms in total. The van der Waals surface area contributed by atoms with Crippen LogP contribution in [0, 0.1) is 34.6 Å². The summed E-state index contributed by atoms with van der Waals surface area (Å²) in [7, 11) is 0. The lowest BCUT2D eigenvalue weighted by Crippen LogP contribution is -1.92. The lowest BCUT2D eigenvalue weighted by Gasteiger charge is -2.13. The summed E-state index contributed by atoms with van der Waals surface area (Å²) in [6, 6.07) is 11.1. The van der Waals surface area contributed by atoms with E-state index in [1.165, 1.54) is 38.9 Å². The second kappa shape index (κ2) is 4.37. The molecule has 0 atom stereocenters. The standard InChI is InChI=1S/C17H20/c1-11-7-6-8-12(2)17(11)16-9-13(3)15(5)14(4)10-16/h6-10H,1-5H3. The SMILES string of the molecule is Cc1cc(-c2c(C)cccc2C)cc(C)c1C. The van der Waals surface area contributed by atoms with Gasteiger partial charge in [0.1, 0.15) is 0 Å². The zero-order valence-corrected chi connectivity index (χ0v) is 11.4. The van der Waals surface area contributed by atoms with E-state index in [1.807, 2.05) is 0 Å². The van der Waals surface area contributed by atoms with Gasteiger partial charge in [-0.15, -0.1) is 0 Å². The maximum Gasteiger partial charge on any atom is -0.0125 e. The van der Waals surface area contributed by atoms with Crippen molar-refractivity contribution < 1.29 is 0 Å². The van der Waals surface area contributed by atoms with Crippen molar-refractivity contribution in [1.82, 2.24) is 0 Å². The molecule has 0 heteroatoms. The van der Waals surface area contributed by atoms with Crippen molar-refractivity contribution in [3.63, 3.8) is 0 Å². The van der Waals surface area contributed by atoms with Crippen LogP contribution >= 0.6 is 0 Å². The monoisotopic (exact) mass is 224 g/mol. The Hall–Kier alpha value is -1.56. The van der Waals surface area contributed by atoms with Crippen molar-refractivity contribution in [1.29, 1.82) is 0 Å². The molecule has 0 amide bonds. The summed E-state index contributed by atoms with van der Waals surface area (Å²) in [5, 5.41) is 0. The van der Waals surface area contributed by atoms with E-state index < -0.39 is 0 Å². The molecule has 0 spiro atoms. The number of rotatable bonds is 1. The topological polar surface area (TPSA) is 0 Å². The molecule has 0 radical (unpaired) electrons. The maximum absolute atomic E-state index is 2.30. The molecule has 0 heterocycles. The van der Waals surface area contributed by atoms with Crippen LogP contribution in [-0.2, 0) is 0 Å². The van der Waals surface area contributed by atoms with Crippen LogP contribution < -0.4 is 0 Å². The Labute approximate surface area is 104 Å². The molecule has 17 heavy (non-hydrogen) atoms. The van der Waals surface area contributed by atoms with Crippen LogP contribution in [0.4, 0.5) is 0 Å². The Bertz CT molecular complexity index is 519. The van der Waals surface area contributed by atoms with Crippen LogP contribution in [0.1, 0.15) is 27.8 Å². The first-order valence-corrected chi connectivity index (χ1v) is 6.15. The van der Waals surface area contributed by atoms with Gasteiger partial charge in [-0.1, -0.05) is 30.3 Å². The highest BCUT2D eigenvalue weighted by Crippen LogP contribution is 2.30. The van der Waals surface area contributed by atoms with Gasteiger partial charge in [0.15, 0.2) is 0 Å². The van der Waals surface area contributed by atoms with Gasteiger partial charge in [0.05, 0.1) is 0 Å². The third-order valence-corrected chi connectivity index (χ3v) is 3.70. The first-order chi connectivity index (χ1) is 8.00. The zero-order valence-electron chi connectivity index (χ0n) is 11.4. The fourth-order valence-corrected chi connectivity index (χ4v) is 2.45. The molecule has 0 fully saturated rings. The minimum Gasteiger partial charge on any atom is -0.0617 e. The van der Waals surface area contributed by atoms with Crippen molar-refractivity contribution in [2.24, 2.45) is 0 Å². The highest BCUT2D eigenvalue weighted by atomic mass is 14.1. The van der Waals surface area contributed by atoms with E-state index in [9.17, 15) is 0 Å². The zero-order chi connectivity index (χ0) is 12.6. The highest BCUT2D eigenvalue weighted by molar-refractivity contribution is 5.72. The molecule has 2 aromatic rings. The molecule has 0 aromatic heterocycles. The molecule has 0 N–H and O–H groups in total. The van der Waals surface area contributed by atoms with Gasteiger partial charge < -0.3 is 0 Å². The third-order valence-electron chi connectivity index (χ3n) is 3.70. The number of hydrogen-bond donors (Lipinski definition) is 0. The molecule has 0 aliphatic carbocycles. The van der Waals surface area contributed by atoms with Crippen LogP contribution in [0.2, 0.25) is 0 Å². The van der Waals surface area contributed by atoms with Crippen LogP contribution in [-0.4, -0.2) is 0 Å². The predicted octanol–water partition coefficient (Wildman–Crippen LogP) is 4.90. The molecule has 0 saturated carbocycles. The van der Waals surface area contributed by atoms with Crippen LogP contribution in [0.3, 0.4) is 0 Å². The van der Waals surface area contributed by atoms with E-state index in [4.69, 9.17) is 0 Å². The molecule has 0 aliphatic heterocycles. The van der Waals surface area contributed by atoms with Gasteiger partial charge in [-0.25, -0.2) is 0 Å². The Morgan fingerprint density at radius 2 is 1.12 bits per heavy atom. The minimum absolute atomic E-state index is 1.35. The Kier molecular flexibility index (Phi) is 3.06. The van der Waals surface area contributed by atoms with E-state index in [-0.39, 0.29) is 0 Å². The van der Waals surface area contributed by atoms with E-state index in [0.29, 0.717) is 0 Å². The second-order valence-electron chi connectivity index (χ2n) is 5.00. The van der Waals surface area contributed by atoms with Crippen LogP contribution in [0.15, 0.2) is 30.3 Å². The lowest BCUT2D eigenvalue weighted by molar-refractivity contribution is 1.26. The summed E-state index contributed by atoms with van der Waals surface area (Å²) in [5.41, 5.74) is 9.60. The summed E-state index contributed by atoms with van der Waals surface area (Å²) in [6.07, 6.45) is 0. The quantitative estimate of drug-likeness (QED) is 0.646. The van der Waals surface area contributed by atoms with Gasteiger partial charge in [-0.05, 0) is 73.6 Å². The first-order valence-electron chi connectivity index (χ1n) is 6.15. The van der Waals surface area contributed by atoms with Gasteiger partial charge >= 0.3 is 0 Å². The van der Waals surface area contributed by atoms with Crippen molar-refractivity contribution in [3.05, 3.63) is 58.1 Å². The van der Waals surface area contributed by atoms with Gasteiger partial charge in [0.2, 0.25) is 0 Å². The van der Waals surface area contributed by atoms with Crippen LogP contribution in [0.25, 0.3) is 11.1 Å². The third kappa shape index (κ3) is 2.12. The van der Waals surface area contributed by atoms with Crippen molar-refractivity contribution >= 4 is 0 Å². The lowest BCUT2D eigenvalue weighted by atomic mass is 9.91. The fraction of sp³-hybridized carbons (Fsp3) is 0.294. The van der Waals surface area contributed by atoms with E-state index >= 15 is 0 Å².